The van der Waals surface area contributed by atoms with Gasteiger partial charge >= 0.3 is 5.97 Å². The molecule has 2 atom stereocenters. The molecule has 0 fully saturated rings. The molecule has 1 heterocycles. The number of nitrogens with two attached hydrogens (primary N) is 1. The number of fused-ring (bicyclic) bond motifs is 1. The molecule has 0 spiro atoms. The summed E-state index contributed by atoms with van der Waals surface area (Å²) in [6, 6.07) is 7.57. The Kier molecular flexibility index (Phi) is 3.90. The van der Waals surface area contributed by atoms with Gasteiger partial charge in [-0.3, -0.25) is 4.79 Å². The molecule has 102 valence electrons. The van der Waals surface area contributed by atoms with E-state index in [2.05, 4.69) is 4.98 Å². The topological polar surface area (TPSA) is 68.1 Å². The minimum Gasteiger partial charge on any atom is -0.469 e. The molecular formula is C15H20N2O2. The van der Waals surface area contributed by atoms with E-state index in [1.807, 2.05) is 44.3 Å². The molecule has 3 N–H and O–H groups in total. The molecule has 0 amide bonds. The van der Waals surface area contributed by atoms with E-state index in [9.17, 15) is 4.79 Å². The third-order valence-electron chi connectivity index (χ3n) is 3.56. The molecule has 0 bridgehead atoms. The van der Waals surface area contributed by atoms with Crippen LogP contribution in [0.1, 0.15) is 25.5 Å². The van der Waals surface area contributed by atoms with Gasteiger partial charge in [0.15, 0.2) is 0 Å². The second-order valence-corrected chi connectivity index (χ2v) is 5.11. The van der Waals surface area contributed by atoms with Crippen molar-refractivity contribution in [2.45, 2.75) is 19.9 Å². The average molecular weight is 260 g/mol. The summed E-state index contributed by atoms with van der Waals surface area (Å²) in [5, 5.41) is 1.06. The lowest BCUT2D eigenvalue weighted by Crippen LogP contribution is -2.33. The first-order chi connectivity index (χ1) is 9.06. The molecule has 4 nitrogen and oxygen atoms in total. The lowest BCUT2D eigenvalue weighted by molar-refractivity contribution is -0.147. The average Bonchev–Trinajstić information content (AvgIpc) is 2.81. The van der Waals surface area contributed by atoms with Crippen LogP contribution in [-0.4, -0.2) is 18.1 Å². The summed E-state index contributed by atoms with van der Waals surface area (Å²) in [6.45, 7) is 3.96. The Hall–Kier alpha value is -1.81. The van der Waals surface area contributed by atoms with Crippen molar-refractivity contribution in [1.29, 1.82) is 0 Å². The highest BCUT2D eigenvalue weighted by atomic mass is 16.5. The maximum atomic E-state index is 11.9. The third kappa shape index (κ3) is 2.49. The Morgan fingerprint density at radius 1 is 1.32 bits per heavy atom. The summed E-state index contributed by atoms with van der Waals surface area (Å²) in [7, 11) is 1.40. The first-order valence-electron chi connectivity index (χ1n) is 6.45. The lowest BCUT2D eigenvalue weighted by atomic mass is 9.85. The molecule has 0 aliphatic heterocycles. The van der Waals surface area contributed by atoms with Crippen LogP contribution in [0.3, 0.4) is 0 Å². The number of rotatable bonds is 4. The summed E-state index contributed by atoms with van der Waals surface area (Å²) < 4.78 is 4.88. The molecule has 19 heavy (non-hydrogen) atoms. The summed E-state index contributed by atoms with van der Waals surface area (Å²) in [4.78, 5) is 15.1. The number of esters is 1. The highest BCUT2D eigenvalue weighted by molar-refractivity contribution is 5.84. The maximum Gasteiger partial charge on any atom is 0.310 e. The molecule has 1 aromatic carbocycles. The van der Waals surface area contributed by atoms with Crippen molar-refractivity contribution in [3.8, 4) is 0 Å². The minimum absolute atomic E-state index is 0.121. The molecule has 2 aromatic rings. The number of nitrogens with one attached hydrogen (secondary N) is 1. The van der Waals surface area contributed by atoms with Gasteiger partial charge in [0, 0.05) is 23.1 Å². The van der Waals surface area contributed by atoms with Crippen LogP contribution in [0.2, 0.25) is 0 Å². The molecule has 4 heteroatoms. The fraction of sp³-hybridized carbons (Fsp3) is 0.400. The van der Waals surface area contributed by atoms with Crippen LogP contribution < -0.4 is 5.73 Å². The van der Waals surface area contributed by atoms with Crippen LogP contribution in [0, 0.1) is 11.8 Å². The van der Waals surface area contributed by atoms with Crippen molar-refractivity contribution in [1.82, 2.24) is 4.98 Å². The number of carbonyl (C=O) groups is 1. The fourth-order valence-corrected chi connectivity index (χ4v) is 2.53. The van der Waals surface area contributed by atoms with Gasteiger partial charge in [-0.2, -0.15) is 0 Å². The first-order valence-corrected chi connectivity index (χ1v) is 6.45. The molecule has 0 saturated carbocycles. The van der Waals surface area contributed by atoms with Gasteiger partial charge in [-0.1, -0.05) is 32.0 Å². The van der Waals surface area contributed by atoms with Gasteiger partial charge in [0.25, 0.3) is 0 Å². The van der Waals surface area contributed by atoms with Crippen LogP contribution in [0.4, 0.5) is 0 Å². The van der Waals surface area contributed by atoms with Crippen LogP contribution in [0.5, 0.6) is 0 Å². The molecule has 2 rings (SSSR count). The third-order valence-corrected chi connectivity index (χ3v) is 3.56. The van der Waals surface area contributed by atoms with Crippen molar-refractivity contribution in [2.24, 2.45) is 17.6 Å². The number of carbonyl (C=O) groups excluding carboxylic acids is 1. The zero-order chi connectivity index (χ0) is 14.0. The van der Waals surface area contributed by atoms with E-state index < -0.39 is 0 Å². The quantitative estimate of drug-likeness (QED) is 0.830. The zero-order valence-corrected chi connectivity index (χ0v) is 11.5. The molecule has 0 aliphatic rings. The van der Waals surface area contributed by atoms with Gasteiger partial charge in [-0.25, -0.2) is 0 Å². The number of ether oxygens (including phenoxy) is 1. The van der Waals surface area contributed by atoms with E-state index in [0.29, 0.717) is 0 Å². The molecule has 0 aliphatic carbocycles. The Bertz CT molecular complexity index is 574. The number of hydrogen-bond donors (Lipinski definition) is 2. The van der Waals surface area contributed by atoms with Crippen molar-refractivity contribution in [3.05, 3.63) is 36.0 Å². The van der Waals surface area contributed by atoms with Crippen LogP contribution >= 0.6 is 0 Å². The van der Waals surface area contributed by atoms with Gasteiger partial charge in [0.1, 0.15) is 0 Å². The lowest BCUT2D eigenvalue weighted by Gasteiger charge is -2.24. The van der Waals surface area contributed by atoms with Gasteiger partial charge in [-0.15, -0.1) is 0 Å². The van der Waals surface area contributed by atoms with E-state index in [0.717, 1.165) is 16.5 Å². The number of aromatic nitrogens is 1. The summed E-state index contributed by atoms with van der Waals surface area (Å²) in [5.74, 6) is -0.479. The van der Waals surface area contributed by atoms with Gasteiger partial charge in [0.05, 0.1) is 13.0 Å². The number of methoxy groups -OCH3 is 1. The number of aromatic amines is 1. The molecule has 2 unspecified atom stereocenters. The predicted octanol–water partition coefficient (Wildman–Crippen LogP) is 2.61. The van der Waals surface area contributed by atoms with E-state index in [1.165, 1.54) is 7.11 Å². The highest BCUT2D eigenvalue weighted by Crippen LogP contribution is 2.31. The summed E-state index contributed by atoms with van der Waals surface area (Å²) in [6.07, 6.45) is 1.88. The van der Waals surface area contributed by atoms with E-state index in [-0.39, 0.29) is 23.8 Å². The van der Waals surface area contributed by atoms with E-state index in [4.69, 9.17) is 10.5 Å². The maximum absolute atomic E-state index is 11.9. The Labute approximate surface area is 112 Å². The number of para-hydroxylation sites is 1. The fourth-order valence-electron chi connectivity index (χ4n) is 2.53. The molecular weight excluding hydrogens is 240 g/mol. The molecule has 1 aromatic heterocycles. The van der Waals surface area contributed by atoms with Crippen LogP contribution in [0.25, 0.3) is 10.9 Å². The minimum atomic E-state index is -0.372. The highest BCUT2D eigenvalue weighted by Gasteiger charge is 2.31. The smallest absolute Gasteiger partial charge is 0.310 e. The summed E-state index contributed by atoms with van der Waals surface area (Å²) in [5.41, 5.74) is 8.29. The predicted molar refractivity (Wildman–Crippen MR) is 75.6 cm³/mol. The van der Waals surface area contributed by atoms with E-state index >= 15 is 0 Å². The van der Waals surface area contributed by atoms with Crippen molar-refractivity contribution < 1.29 is 9.53 Å². The molecule has 0 saturated heterocycles. The number of H-pyrrole nitrogens is 1. The normalized spacial score (nSPS) is 14.6. The monoisotopic (exact) mass is 260 g/mol. The Balaban J connectivity index is 2.41. The zero-order valence-electron chi connectivity index (χ0n) is 11.5. The second kappa shape index (κ2) is 5.45. The summed E-state index contributed by atoms with van der Waals surface area (Å²) >= 11 is 0. The van der Waals surface area contributed by atoms with Gasteiger partial charge in [-0.05, 0) is 17.5 Å². The van der Waals surface area contributed by atoms with Gasteiger partial charge < -0.3 is 15.5 Å². The Morgan fingerprint density at radius 2 is 2.00 bits per heavy atom. The standard InChI is InChI=1S/C15H20N2O2/c1-9(2)13(15(18)19-3)14(16)11-8-17-12-7-5-4-6-10(11)12/h4-9,13-14,17H,16H2,1-3H3. The largest absolute Gasteiger partial charge is 0.469 e. The Morgan fingerprint density at radius 3 is 2.63 bits per heavy atom. The van der Waals surface area contributed by atoms with Crippen molar-refractivity contribution >= 4 is 16.9 Å². The SMILES string of the molecule is COC(=O)C(C(C)C)C(N)c1c[nH]c2ccccc12. The van der Waals surface area contributed by atoms with E-state index in [1.54, 1.807) is 0 Å². The number of hydrogen-bond acceptors (Lipinski definition) is 3. The van der Waals surface area contributed by atoms with Crippen molar-refractivity contribution in [2.75, 3.05) is 7.11 Å². The first kappa shape index (κ1) is 13.6. The van der Waals surface area contributed by atoms with Crippen LogP contribution in [0.15, 0.2) is 30.5 Å². The van der Waals surface area contributed by atoms with Crippen molar-refractivity contribution in [3.63, 3.8) is 0 Å². The van der Waals surface area contributed by atoms with Crippen LogP contribution in [-0.2, 0) is 9.53 Å². The molecule has 0 radical (unpaired) electrons. The van der Waals surface area contributed by atoms with Gasteiger partial charge in [0.2, 0.25) is 0 Å². The number of benzene rings is 1. The second-order valence-electron chi connectivity index (χ2n) is 5.11.